The zero-order valence-corrected chi connectivity index (χ0v) is 13.7. The van der Waals surface area contributed by atoms with Gasteiger partial charge < -0.3 is 20.3 Å². The van der Waals surface area contributed by atoms with Crippen molar-refractivity contribution in [1.29, 1.82) is 0 Å². The number of hydrogen-bond donors (Lipinski definition) is 3. The van der Waals surface area contributed by atoms with Gasteiger partial charge in [-0.25, -0.2) is 0 Å². The minimum Gasteiger partial charge on any atom is -0.494 e. The highest BCUT2D eigenvalue weighted by Gasteiger charge is 2.18. The lowest BCUT2D eigenvalue weighted by molar-refractivity contribution is 0.0865. The average Bonchev–Trinajstić information content (AvgIpc) is 2.62. The van der Waals surface area contributed by atoms with Crippen molar-refractivity contribution in [2.45, 2.75) is 25.5 Å². The van der Waals surface area contributed by atoms with Crippen LogP contribution in [0.2, 0.25) is 0 Å². The van der Waals surface area contributed by atoms with Crippen molar-refractivity contribution < 1.29 is 19.7 Å². The zero-order chi connectivity index (χ0) is 17.4. The number of nitrogens with one attached hydrogen (secondary N) is 1. The smallest absolute Gasteiger partial charge is 0.251 e. The molecule has 24 heavy (non-hydrogen) atoms. The number of rotatable bonds is 8. The van der Waals surface area contributed by atoms with Crippen LogP contribution in [0.1, 0.15) is 35.4 Å². The minimum absolute atomic E-state index is 0.239. The summed E-state index contributed by atoms with van der Waals surface area (Å²) in [6, 6.07) is 15.4. The van der Waals surface area contributed by atoms with Crippen LogP contribution in [0, 0.1) is 0 Å². The van der Waals surface area contributed by atoms with Gasteiger partial charge in [-0.15, -0.1) is 0 Å². The number of ether oxygens (including phenoxy) is 1. The molecule has 3 N–H and O–H groups in total. The van der Waals surface area contributed by atoms with E-state index >= 15 is 0 Å². The fourth-order valence-corrected chi connectivity index (χ4v) is 2.40. The summed E-state index contributed by atoms with van der Waals surface area (Å²) in [7, 11) is 0. The molecule has 2 aromatic carbocycles. The fourth-order valence-electron chi connectivity index (χ4n) is 2.40. The van der Waals surface area contributed by atoms with Gasteiger partial charge in [0.2, 0.25) is 0 Å². The summed E-state index contributed by atoms with van der Waals surface area (Å²) < 4.78 is 5.34. The number of carbonyl (C=O) groups is 1. The molecule has 1 amide bonds. The number of benzene rings is 2. The maximum absolute atomic E-state index is 12.3. The highest BCUT2D eigenvalue weighted by molar-refractivity contribution is 5.94. The van der Waals surface area contributed by atoms with Crippen LogP contribution in [0.5, 0.6) is 5.75 Å². The molecule has 2 atom stereocenters. The third-order valence-electron chi connectivity index (χ3n) is 3.68. The molecule has 0 aliphatic heterocycles. The number of hydrogen-bond acceptors (Lipinski definition) is 4. The molecule has 0 saturated carbocycles. The third kappa shape index (κ3) is 5.08. The molecule has 0 bridgehead atoms. The maximum Gasteiger partial charge on any atom is 0.251 e. The van der Waals surface area contributed by atoms with Gasteiger partial charge in [0.15, 0.2) is 0 Å². The van der Waals surface area contributed by atoms with Crippen LogP contribution >= 0.6 is 0 Å². The fraction of sp³-hybridized carbons (Fsp3) is 0.316. The first kappa shape index (κ1) is 18.0. The van der Waals surface area contributed by atoms with Gasteiger partial charge in [-0.1, -0.05) is 30.3 Å². The Balaban J connectivity index is 1.95. The van der Waals surface area contributed by atoms with Crippen molar-refractivity contribution in [3.8, 4) is 5.75 Å². The van der Waals surface area contributed by atoms with Crippen LogP contribution in [-0.4, -0.2) is 35.4 Å². The Labute approximate surface area is 141 Å². The third-order valence-corrected chi connectivity index (χ3v) is 3.68. The summed E-state index contributed by atoms with van der Waals surface area (Å²) in [4.78, 5) is 12.3. The largest absolute Gasteiger partial charge is 0.494 e. The second-order valence-electron chi connectivity index (χ2n) is 5.47. The van der Waals surface area contributed by atoms with Gasteiger partial charge in [-0.2, -0.15) is 0 Å². The molecule has 2 aromatic rings. The van der Waals surface area contributed by atoms with E-state index in [0.717, 1.165) is 5.56 Å². The van der Waals surface area contributed by atoms with Gasteiger partial charge in [0.1, 0.15) is 5.75 Å². The first-order valence-corrected chi connectivity index (χ1v) is 8.01. The van der Waals surface area contributed by atoms with E-state index in [0.29, 0.717) is 17.9 Å². The van der Waals surface area contributed by atoms with Gasteiger partial charge in [0, 0.05) is 5.56 Å². The molecular weight excluding hydrogens is 306 g/mol. The van der Waals surface area contributed by atoms with E-state index in [-0.39, 0.29) is 18.9 Å². The maximum atomic E-state index is 12.3. The molecule has 0 spiro atoms. The molecule has 0 heterocycles. The topological polar surface area (TPSA) is 78.8 Å². The van der Waals surface area contributed by atoms with E-state index in [1.165, 1.54) is 0 Å². The summed E-state index contributed by atoms with van der Waals surface area (Å²) in [5, 5.41) is 22.5. The number of aliphatic hydroxyl groups is 2. The summed E-state index contributed by atoms with van der Waals surface area (Å²) in [5.74, 6) is 0.407. The molecule has 2 unspecified atom stereocenters. The highest BCUT2D eigenvalue weighted by Crippen LogP contribution is 2.18. The molecule has 0 aliphatic carbocycles. The van der Waals surface area contributed by atoms with Crippen molar-refractivity contribution in [3.63, 3.8) is 0 Å². The lowest BCUT2D eigenvalue weighted by Crippen LogP contribution is -2.38. The van der Waals surface area contributed by atoms with E-state index in [9.17, 15) is 15.0 Å². The predicted molar refractivity (Wildman–Crippen MR) is 92.0 cm³/mol. The average molecular weight is 329 g/mol. The molecule has 0 saturated heterocycles. The van der Waals surface area contributed by atoms with Crippen LogP contribution in [-0.2, 0) is 0 Å². The zero-order valence-electron chi connectivity index (χ0n) is 13.7. The lowest BCUT2D eigenvalue weighted by Gasteiger charge is -2.20. The first-order valence-electron chi connectivity index (χ1n) is 8.01. The van der Waals surface area contributed by atoms with Crippen LogP contribution in [0.15, 0.2) is 54.6 Å². The Bertz CT molecular complexity index is 628. The van der Waals surface area contributed by atoms with Crippen molar-refractivity contribution in [3.05, 3.63) is 65.7 Å². The number of carbonyl (C=O) groups excluding carboxylic acids is 1. The summed E-state index contributed by atoms with van der Waals surface area (Å²) in [6.45, 7) is 2.21. The highest BCUT2D eigenvalue weighted by atomic mass is 16.5. The predicted octanol–water partition coefficient (Wildman–Crippen LogP) is 2.30. The lowest BCUT2D eigenvalue weighted by atomic mass is 10.0. The minimum atomic E-state index is -0.746. The van der Waals surface area contributed by atoms with E-state index in [1.807, 2.05) is 37.3 Å². The quantitative estimate of drug-likeness (QED) is 0.694. The van der Waals surface area contributed by atoms with Crippen molar-refractivity contribution in [1.82, 2.24) is 5.32 Å². The standard InChI is InChI=1S/C19H23NO4/c1-2-24-17-10-8-15(9-11-17)19(23)20-16(13-21)12-18(22)14-6-4-3-5-7-14/h3-11,16,18,21-22H,2,12-13H2,1H3,(H,20,23). The molecular formula is C19H23NO4. The van der Waals surface area contributed by atoms with Gasteiger partial charge in [0.05, 0.1) is 25.4 Å². The summed E-state index contributed by atoms with van der Waals surface area (Å²) >= 11 is 0. The Hall–Kier alpha value is -2.37. The second-order valence-corrected chi connectivity index (χ2v) is 5.47. The van der Waals surface area contributed by atoms with Gasteiger partial charge in [-0.3, -0.25) is 4.79 Å². The summed E-state index contributed by atoms with van der Waals surface area (Å²) in [6.07, 6.45) is -0.507. The molecule has 0 aromatic heterocycles. The normalized spacial score (nSPS) is 13.1. The van der Waals surface area contributed by atoms with Crippen LogP contribution in [0.3, 0.4) is 0 Å². The molecule has 128 valence electrons. The summed E-state index contributed by atoms with van der Waals surface area (Å²) in [5.41, 5.74) is 1.23. The Morgan fingerprint density at radius 1 is 1.12 bits per heavy atom. The van der Waals surface area contributed by atoms with Crippen LogP contribution < -0.4 is 10.1 Å². The number of aliphatic hydroxyl groups excluding tert-OH is 2. The second kappa shape index (κ2) is 9.05. The van der Waals surface area contributed by atoms with Crippen LogP contribution in [0.25, 0.3) is 0 Å². The van der Waals surface area contributed by atoms with Crippen molar-refractivity contribution in [2.75, 3.05) is 13.2 Å². The van der Waals surface area contributed by atoms with Crippen molar-refractivity contribution >= 4 is 5.91 Å². The molecule has 5 heteroatoms. The number of amides is 1. The van der Waals surface area contributed by atoms with E-state index < -0.39 is 12.1 Å². The van der Waals surface area contributed by atoms with E-state index in [2.05, 4.69) is 5.32 Å². The van der Waals surface area contributed by atoms with E-state index in [1.54, 1.807) is 24.3 Å². The molecule has 2 rings (SSSR count). The van der Waals surface area contributed by atoms with Gasteiger partial charge in [-0.05, 0) is 43.2 Å². The SMILES string of the molecule is CCOc1ccc(C(=O)NC(CO)CC(O)c2ccccc2)cc1. The van der Waals surface area contributed by atoms with Gasteiger partial charge >= 0.3 is 0 Å². The molecule has 0 fully saturated rings. The Morgan fingerprint density at radius 3 is 2.38 bits per heavy atom. The Morgan fingerprint density at radius 2 is 1.79 bits per heavy atom. The monoisotopic (exact) mass is 329 g/mol. The van der Waals surface area contributed by atoms with Crippen LogP contribution in [0.4, 0.5) is 0 Å². The van der Waals surface area contributed by atoms with Crippen molar-refractivity contribution in [2.24, 2.45) is 0 Å². The van der Waals surface area contributed by atoms with Gasteiger partial charge in [0.25, 0.3) is 5.91 Å². The molecule has 5 nitrogen and oxygen atoms in total. The Kier molecular flexibility index (Phi) is 6.78. The first-order chi connectivity index (χ1) is 11.6. The van der Waals surface area contributed by atoms with E-state index in [4.69, 9.17) is 4.74 Å². The molecule has 0 aliphatic rings. The molecule has 0 radical (unpaired) electrons.